The zero-order valence-electron chi connectivity index (χ0n) is 18.3. The molecule has 2 rings (SSSR count). The fourth-order valence-electron chi connectivity index (χ4n) is 3.97. The molecule has 0 amide bonds. The number of aliphatic carboxylic acids is 1. The Morgan fingerprint density at radius 3 is 1.63 bits per heavy atom. The van der Waals surface area contributed by atoms with Gasteiger partial charge in [-0.1, -0.05) is 91.8 Å². The van der Waals surface area contributed by atoms with E-state index in [0.29, 0.717) is 26.4 Å². The smallest absolute Gasteiger partial charge is 0.329 e. The number of benzene rings is 2. The molecule has 30 heavy (non-hydrogen) atoms. The molecule has 0 spiro atoms. The summed E-state index contributed by atoms with van der Waals surface area (Å²) in [6.45, 7) is 9.04. The van der Waals surface area contributed by atoms with Crippen LogP contribution in [0.5, 0.6) is 0 Å². The molecule has 0 saturated heterocycles. The Morgan fingerprint density at radius 2 is 1.20 bits per heavy atom. The molecule has 1 N–H and O–H groups in total. The number of hydrogen-bond acceptors (Lipinski definition) is 4. The Balaban J connectivity index is 1.96. The summed E-state index contributed by atoms with van der Waals surface area (Å²) < 4.78 is 16.3. The number of carboxylic acids is 1. The largest absolute Gasteiger partial charge is 0.480 e. The molecule has 164 valence electrons. The van der Waals surface area contributed by atoms with E-state index in [4.69, 9.17) is 19.3 Å². The third-order valence-electron chi connectivity index (χ3n) is 5.40. The molecular formula is C24H34O5Si. The molecule has 0 fully saturated rings. The molecule has 0 aliphatic rings. The highest BCUT2D eigenvalue weighted by Gasteiger charge is 2.46. The molecule has 0 radical (unpaired) electrons. The van der Waals surface area contributed by atoms with Crippen LogP contribution < -0.4 is 10.4 Å². The fourth-order valence-corrected chi connectivity index (χ4v) is 9.33. The molecule has 0 aromatic heterocycles. The van der Waals surface area contributed by atoms with Gasteiger partial charge in [-0.25, -0.2) is 4.79 Å². The predicted molar refractivity (Wildman–Crippen MR) is 123 cm³/mol. The summed E-state index contributed by atoms with van der Waals surface area (Å²) in [5, 5.41) is 11.5. The minimum atomic E-state index is -2.09. The first-order valence-electron chi connectivity index (χ1n) is 10.4. The van der Waals surface area contributed by atoms with Gasteiger partial charge >= 0.3 is 5.97 Å². The Hall–Kier alpha value is -1.99. The van der Waals surface area contributed by atoms with Crippen molar-refractivity contribution in [2.45, 2.75) is 31.9 Å². The second-order valence-electron chi connectivity index (χ2n) is 8.31. The molecule has 2 aromatic rings. The zero-order valence-corrected chi connectivity index (χ0v) is 19.3. The molecule has 0 aliphatic carbocycles. The Labute approximate surface area is 181 Å². The average molecular weight is 431 g/mol. The summed E-state index contributed by atoms with van der Waals surface area (Å²) in [5.74, 6) is -0.971. The van der Waals surface area contributed by atoms with Crippen LogP contribution in [-0.2, 0) is 19.0 Å². The Kier molecular flexibility index (Phi) is 9.72. The van der Waals surface area contributed by atoms with Gasteiger partial charge < -0.3 is 19.3 Å². The maximum Gasteiger partial charge on any atom is 0.329 e. The maximum absolute atomic E-state index is 10.4. The van der Waals surface area contributed by atoms with Crippen LogP contribution in [0.25, 0.3) is 0 Å². The van der Waals surface area contributed by atoms with Gasteiger partial charge in [0.05, 0.1) is 26.4 Å². The van der Waals surface area contributed by atoms with Gasteiger partial charge in [-0.2, -0.15) is 0 Å². The minimum Gasteiger partial charge on any atom is -0.480 e. The second-order valence-corrected chi connectivity index (χ2v) is 13.3. The van der Waals surface area contributed by atoms with Gasteiger partial charge in [0.1, 0.15) is 14.7 Å². The van der Waals surface area contributed by atoms with E-state index in [1.165, 1.54) is 10.4 Å². The number of carbonyl (C=O) groups is 1. The third kappa shape index (κ3) is 6.77. The highest BCUT2D eigenvalue weighted by atomic mass is 28.3. The average Bonchev–Trinajstić information content (AvgIpc) is 2.72. The van der Waals surface area contributed by atoms with Crippen molar-refractivity contribution in [3.63, 3.8) is 0 Å². The number of ether oxygens (including phenoxy) is 3. The van der Waals surface area contributed by atoms with Gasteiger partial charge in [0.15, 0.2) is 0 Å². The molecule has 0 aliphatic heterocycles. The summed E-state index contributed by atoms with van der Waals surface area (Å²) in [4.78, 5) is 10.4. The lowest BCUT2D eigenvalue weighted by molar-refractivity contribution is -0.142. The van der Waals surface area contributed by atoms with E-state index in [9.17, 15) is 4.79 Å². The standard InChI is InChI=1S/C24H34O5Si/c1-24(2,3)30(21-10-6-4-7-11-21,22-12-8-5-9-13-22)19-18-28-15-14-27-16-17-29-20-23(25)26/h4-13H,14-20H2,1-3H3,(H,25,26). The van der Waals surface area contributed by atoms with Crippen LogP contribution in [0.3, 0.4) is 0 Å². The summed E-state index contributed by atoms with van der Waals surface area (Å²) in [6.07, 6.45) is 0. The molecule has 0 atom stereocenters. The lowest BCUT2D eigenvalue weighted by Gasteiger charge is -2.44. The van der Waals surface area contributed by atoms with Gasteiger partial charge in [-0.15, -0.1) is 0 Å². The quantitative estimate of drug-likeness (QED) is 0.391. The van der Waals surface area contributed by atoms with Crippen LogP contribution >= 0.6 is 0 Å². The molecular weight excluding hydrogens is 396 g/mol. The normalized spacial score (nSPS) is 12.1. The van der Waals surface area contributed by atoms with Crippen LogP contribution in [0, 0.1) is 0 Å². The van der Waals surface area contributed by atoms with Crippen LogP contribution in [0.1, 0.15) is 20.8 Å². The number of carboxylic acid groups (broad SMARTS) is 1. The van der Waals surface area contributed by atoms with E-state index in [0.717, 1.165) is 6.04 Å². The van der Waals surface area contributed by atoms with Crippen molar-refractivity contribution in [2.24, 2.45) is 0 Å². The monoisotopic (exact) mass is 430 g/mol. The van der Waals surface area contributed by atoms with E-state index >= 15 is 0 Å². The van der Waals surface area contributed by atoms with Gasteiger partial charge in [-0.05, 0) is 11.1 Å². The van der Waals surface area contributed by atoms with E-state index in [1.807, 2.05) is 0 Å². The van der Waals surface area contributed by atoms with Gasteiger partial charge in [0.25, 0.3) is 0 Å². The summed E-state index contributed by atoms with van der Waals surface area (Å²) >= 11 is 0. The maximum atomic E-state index is 10.4. The van der Waals surface area contributed by atoms with Gasteiger partial charge in [0.2, 0.25) is 0 Å². The van der Waals surface area contributed by atoms with Crippen LogP contribution in [-0.4, -0.2) is 58.8 Å². The summed E-state index contributed by atoms with van der Waals surface area (Å²) in [6, 6.07) is 22.7. The van der Waals surface area contributed by atoms with E-state index in [2.05, 4.69) is 81.4 Å². The molecule has 6 heteroatoms. The van der Waals surface area contributed by atoms with E-state index in [-0.39, 0.29) is 18.3 Å². The van der Waals surface area contributed by atoms with Gasteiger partial charge in [-0.3, -0.25) is 0 Å². The van der Waals surface area contributed by atoms with Crippen molar-refractivity contribution >= 4 is 24.4 Å². The molecule has 5 nitrogen and oxygen atoms in total. The van der Waals surface area contributed by atoms with Crippen molar-refractivity contribution < 1.29 is 24.1 Å². The van der Waals surface area contributed by atoms with E-state index < -0.39 is 14.0 Å². The summed E-state index contributed by atoms with van der Waals surface area (Å²) in [7, 11) is -2.09. The van der Waals surface area contributed by atoms with Crippen molar-refractivity contribution in [3.05, 3.63) is 60.7 Å². The molecule has 0 heterocycles. The number of rotatable bonds is 13. The molecule has 0 bridgehead atoms. The Morgan fingerprint density at radius 1 is 0.767 bits per heavy atom. The van der Waals surface area contributed by atoms with Crippen molar-refractivity contribution in [2.75, 3.05) is 39.6 Å². The SMILES string of the molecule is CC(C)(C)[Si](CCOCCOCCOCC(=O)O)(c1ccccc1)c1ccccc1. The van der Waals surface area contributed by atoms with Crippen LogP contribution in [0.15, 0.2) is 60.7 Å². The van der Waals surface area contributed by atoms with Crippen molar-refractivity contribution in [1.82, 2.24) is 0 Å². The topological polar surface area (TPSA) is 65.0 Å². The predicted octanol–water partition coefficient (Wildman–Crippen LogP) is 3.18. The lowest BCUT2D eigenvalue weighted by atomic mass is 10.2. The second kappa shape index (κ2) is 12.0. The first kappa shape index (κ1) is 24.3. The lowest BCUT2D eigenvalue weighted by Crippen LogP contribution is -2.64. The van der Waals surface area contributed by atoms with Crippen molar-refractivity contribution in [3.8, 4) is 0 Å². The third-order valence-corrected chi connectivity index (χ3v) is 11.6. The highest BCUT2D eigenvalue weighted by molar-refractivity contribution is 7.04. The Bertz CT molecular complexity index is 704. The minimum absolute atomic E-state index is 0.122. The molecule has 0 unspecified atom stereocenters. The van der Waals surface area contributed by atoms with E-state index in [1.54, 1.807) is 0 Å². The highest BCUT2D eigenvalue weighted by Crippen LogP contribution is 2.38. The first-order valence-corrected chi connectivity index (χ1v) is 12.6. The van der Waals surface area contributed by atoms with Crippen molar-refractivity contribution in [1.29, 1.82) is 0 Å². The fraction of sp³-hybridized carbons (Fsp3) is 0.458. The molecule has 0 saturated carbocycles. The van der Waals surface area contributed by atoms with Crippen LogP contribution in [0.4, 0.5) is 0 Å². The number of hydrogen-bond donors (Lipinski definition) is 1. The zero-order chi connectivity index (χ0) is 21.9. The first-order chi connectivity index (χ1) is 14.4. The molecule has 2 aromatic carbocycles. The summed E-state index contributed by atoms with van der Waals surface area (Å²) in [5.41, 5.74) is 0. The van der Waals surface area contributed by atoms with Gasteiger partial charge in [0, 0.05) is 6.61 Å². The van der Waals surface area contributed by atoms with Crippen LogP contribution in [0.2, 0.25) is 11.1 Å².